The molecule has 9 unspecified atom stereocenters. The van der Waals surface area contributed by atoms with E-state index in [4.69, 9.17) is 0 Å². The first kappa shape index (κ1) is 20.2. The molecule has 0 saturated heterocycles. The van der Waals surface area contributed by atoms with Crippen LogP contribution in [-0.4, -0.2) is 56.3 Å². The summed E-state index contributed by atoms with van der Waals surface area (Å²) in [5.41, 5.74) is -4.81. The quantitative estimate of drug-likeness (QED) is 0.571. The summed E-state index contributed by atoms with van der Waals surface area (Å²) in [6.45, 7) is 4.81. The molecule has 3 fully saturated rings. The normalized spacial score (nSPS) is 53.9. The number of halogens is 1. The summed E-state index contributed by atoms with van der Waals surface area (Å²) in [6, 6.07) is 0. The van der Waals surface area contributed by atoms with E-state index in [0.29, 0.717) is 19.3 Å². The third kappa shape index (κ3) is 2.07. The van der Waals surface area contributed by atoms with Gasteiger partial charge in [-0.2, -0.15) is 0 Å². The van der Waals surface area contributed by atoms with Gasteiger partial charge in [-0.1, -0.05) is 25.5 Å². The molecule has 4 N–H and O–H groups in total. The molecular formula is C22H31FO5. The van der Waals surface area contributed by atoms with Crippen molar-refractivity contribution < 1.29 is 29.6 Å². The van der Waals surface area contributed by atoms with Gasteiger partial charge in [0.05, 0.1) is 12.7 Å². The van der Waals surface area contributed by atoms with Gasteiger partial charge in [0.25, 0.3) is 0 Å². The van der Waals surface area contributed by atoms with Crippen LogP contribution < -0.4 is 0 Å². The molecule has 0 aromatic rings. The predicted molar refractivity (Wildman–Crippen MR) is 101 cm³/mol. The van der Waals surface area contributed by atoms with E-state index in [1.807, 2.05) is 13.8 Å². The number of allylic oxidation sites excluding steroid dienone is 4. The van der Waals surface area contributed by atoms with Gasteiger partial charge in [0, 0.05) is 16.7 Å². The third-order valence-electron chi connectivity index (χ3n) is 8.99. The third-order valence-corrected chi connectivity index (χ3v) is 8.99. The number of carbonyl (C=O) groups is 1. The second-order valence-electron chi connectivity index (χ2n) is 9.93. The van der Waals surface area contributed by atoms with Crippen LogP contribution in [0, 0.1) is 28.6 Å². The predicted octanol–water partition coefficient (Wildman–Crippen LogP) is 1.69. The maximum absolute atomic E-state index is 16.9. The van der Waals surface area contributed by atoms with E-state index < -0.39 is 46.8 Å². The molecule has 0 spiro atoms. The van der Waals surface area contributed by atoms with Crippen molar-refractivity contribution in [1.29, 1.82) is 0 Å². The van der Waals surface area contributed by atoms with Gasteiger partial charge in [-0.25, -0.2) is 4.39 Å². The Hall–Kier alpha value is -1.08. The minimum atomic E-state index is -1.95. The lowest BCUT2D eigenvalue weighted by Crippen LogP contribution is -2.70. The van der Waals surface area contributed by atoms with Crippen molar-refractivity contribution in [2.45, 2.75) is 69.9 Å². The zero-order valence-corrected chi connectivity index (χ0v) is 16.7. The van der Waals surface area contributed by atoms with E-state index in [0.717, 1.165) is 5.57 Å². The fourth-order valence-electron chi connectivity index (χ4n) is 7.43. The summed E-state index contributed by atoms with van der Waals surface area (Å²) in [7, 11) is 0. The average molecular weight is 394 g/mol. The highest BCUT2D eigenvalue weighted by Gasteiger charge is 2.75. The Morgan fingerprint density at radius 1 is 1.32 bits per heavy atom. The molecule has 0 aliphatic heterocycles. The highest BCUT2D eigenvalue weighted by molar-refractivity contribution is 6.01. The lowest BCUT2D eigenvalue weighted by atomic mass is 9.44. The number of alkyl halides is 1. The Bertz CT molecular complexity index is 764. The van der Waals surface area contributed by atoms with E-state index in [1.54, 1.807) is 13.0 Å². The SMILES string of the molecule is CC1CC2C3CCC4=CC(=O)C=CC4(C)C3(F)C(O)CC2(C)C1(O)C(O)CO. The fourth-order valence-corrected chi connectivity index (χ4v) is 7.43. The van der Waals surface area contributed by atoms with Crippen LogP contribution in [0.2, 0.25) is 0 Å². The van der Waals surface area contributed by atoms with Gasteiger partial charge >= 0.3 is 0 Å². The lowest BCUT2D eigenvalue weighted by Gasteiger charge is -2.63. The smallest absolute Gasteiger partial charge is 0.178 e. The first-order valence-corrected chi connectivity index (χ1v) is 10.3. The summed E-state index contributed by atoms with van der Waals surface area (Å²) >= 11 is 0. The number of rotatable bonds is 2. The monoisotopic (exact) mass is 394 g/mol. The van der Waals surface area contributed by atoms with Crippen LogP contribution in [0.4, 0.5) is 4.39 Å². The van der Waals surface area contributed by atoms with Gasteiger partial charge in [-0.15, -0.1) is 0 Å². The number of carbonyl (C=O) groups excluding carboxylic acids is 1. The van der Waals surface area contributed by atoms with Crippen molar-refractivity contribution in [1.82, 2.24) is 0 Å². The van der Waals surface area contributed by atoms with E-state index in [1.165, 1.54) is 12.2 Å². The van der Waals surface area contributed by atoms with Crippen LogP contribution in [0.3, 0.4) is 0 Å². The molecule has 4 aliphatic rings. The minimum Gasteiger partial charge on any atom is -0.394 e. The molecule has 28 heavy (non-hydrogen) atoms. The van der Waals surface area contributed by atoms with Gasteiger partial charge in [0.1, 0.15) is 11.7 Å². The fraction of sp³-hybridized carbons (Fsp3) is 0.773. The molecule has 0 heterocycles. The molecule has 6 heteroatoms. The van der Waals surface area contributed by atoms with Crippen LogP contribution in [-0.2, 0) is 4.79 Å². The van der Waals surface area contributed by atoms with Crippen molar-refractivity contribution in [3.63, 3.8) is 0 Å². The average Bonchev–Trinajstić information content (AvgIpc) is 2.84. The highest BCUT2D eigenvalue weighted by atomic mass is 19.1. The summed E-state index contributed by atoms with van der Waals surface area (Å²) in [5.74, 6) is -1.25. The molecule has 4 rings (SSSR count). The van der Waals surface area contributed by atoms with Gasteiger partial charge in [0.2, 0.25) is 0 Å². The molecular weight excluding hydrogens is 363 g/mol. The molecule has 0 aromatic carbocycles. The number of fused-ring (bicyclic) bond motifs is 5. The first-order chi connectivity index (χ1) is 13.0. The van der Waals surface area contributed by atoms with E-state index >= 15 is 4.39 Å². The maximum atomic E-state index is 16.9. The topological polar surface area (TPSA) is 98.0 Å². The zero-order valence-electron chi connectivity index (χ0n) is 16.7. The number of hydrogen-bond acceptors (Lipinski definition) is 5. The van der Waals surface area contributed by atoms with E-state index in [2.05, 4.69) is 0 Å². The second kappa shape index (κ2) is 5.97. The summed E-state index contributed by atoms with van der Waals surface area (Å²) < 4.78 is 16.9. The van der Waals surface area contributed by atoms with Gasteiger partial charge in [-0.3, -0.25) is 4.79 Å². The Morgan fingerprint density at radius 2 is 2.00 bits per heavy atom. The molecule has 3 saturated carbocycles. The summed E-state index contributed by atoms with van der Waals surface area (Å²) in [6.07, 6.45) is 3.35. The van der Waals surface area contributed by atoms with Crippen LogP contribution >= 0.6 is 0 Å². The van der Waals surface area contributed by atoms with Crippen molar-refractivity contribution in [2.24, 2.45) is 28.6 Å². The molecule has 0 bridgehead atoms. The first-order valence-electron chi connectivity index (χ1n) is 10.3. The van der Waals surface area contributed by atoms with Crippen LogP contribution in [0.25, 0.3) is 0 Å². The summed E-state index contributed by atoms with van der Waals surface area (Å²) in [5, 5.41) is 42.7. The standard InChI is InChI=1S/C22H31FO5/c1-12-8-16-15-5-4-13-9-14(25)6-7-19(13,2)21(15,23)17(26)10-20(16,3)22(12,28)18(27)11-24/h6-7,9,12,15-18,24,26-28H,4-5,8,10-11H2,1-3H3. The molecule has 9 atom stereocenters. The Labute approximate surface area is 165 Å². The Morgan fingerprint density at radius 3 is 2.64 bits per heavy atom. The van der Waals surface area contributed by atoms with Crippen LogP contribution in [0.1, 0.15) is 46.5 Å². The maximum Gasteiger partial charge on any atom is 0.178 e. The molecule has 0 aromatic heterocycles. The van der Waals surface area contributed by atoms with Crippen LogP contribution in [0.5, 0.6) is 0 Å². The zero-order chi connectivity index (χ0) is 20.7. The van der Waals surface area contributed by atoms with Crippen LogP contribution in [0.15, 0.2) is 23.8 Å². The second-order valence-corrected chi connectivity index (χ2v) is 9.93. The van der Waals surface area contributed by atoms with Crippen molar-refractivity contribution in [2.75, 3.05) is 6.61 Å². The highest BCUT2D eigenvalue weighted by Crippen LogP contribution is 2.71. The molecule has 0 radical (unpaired) electrons. The summed E-state index contributed by atoms with van der Waals surface area (Å²) in [4.78, 5) is 11.8. The molecule has 156 valence electrons. The molecule has 0 amide bonds. The Kier molecular flexibility index (Phi) is 4.31. The molecule has 5 nitrogen and oxygen atoms in total. The number of aliphatic hydroxyl groups excluding tert-OH is 3. The van der Waals surface area contributed by atoms with Crippen molar-refractivity contribution >= 4 is 5.78 Å². The number of ketones is 1. The van der Waals surface area contributed by atoms with E-state index in [9.17, 15) is 25.2 Å². The minimum absolute atomic E-state index is 0.00672. The van der Waals surface area contributed by atoms with E-state index in [-0.39, 0.29) is 24.0 Å². The van der Waals surface area contributed by atoms with Crippen molar-refractivity contribution in [3.05, 3.63) is 23.8 Å². The molecule has 4 aliphatic carbocycles. The van der Waals surface area contributed by atoms with Gasteiger partial charge in [0.15, 0.2) is 11.5 Å². The number of aliphatic hydroxyl groups is 4. The lowest BCUT2D eigenvalue weighted by molar-refractivity contribution is -0.242. The van der Waals surface area contributed by atoms with Crippen molar-refractivity contribution in [3.8, 4) is 0 Å². The Balaban J connectivity index is 1.83. The van der Waals surface area contributed by atoms with Gasteiger partial charge < -0.3 is 20.4 Å². The largest absolute Gasteiger partial charge is 0.394 e. The van der Waals surface area contributed by atoms with Gasteiger partial charge in [-0.05, 0) is 56.6 Å². The number of hydrogen-bond donors (Lipinski definition) is 4.